The molecule has 0 aromatic heterocycles. The van der Waals surface area contributed by atoms with Crippen molar-refractivity contribution in [2.24, 2.45) is 5.92 Å². The van der Waals surface area contributed by atoms with Crippen LogP contribution in [0, 0.1) is 18.1 Å². The van der Waals surface area contributed by atoms with Gasteiger partial charge >= 0.3 is 26.2 Å². The van der Waals surface area contributed by atoms with E-state index in [2.05, 4.69) is 104 Å². The Bertz CT molecular complexity index is 879. The number of hydrogen-bond acceptors (Lipinski definition) is 0. The number of rotatable bonds is 0. The molecule has 2 aliphatic rings. The Hall–Kier alpha value is -0.617. The van der Waals surface area contributed by atoms with E-state index in [0.29, 0.717) is 5.92 Å². The molecular weight excluding hydrogens is 498 g/mol. The van der Waals surface area contributed by atoms with Crippen molar-refractivity contribution in [2.75, 3.05) is 0 Å². The van der Waals surface area contributed by atoms with Crippen molar-refractivity contribution in [3.8, 4) is 11.1 Å². The maximum Gasteiger partial charge on any atom is 4.00 e. The zero-order chi connectivity index (χ0) is 20.7. The first-order valence-corrected chi connectivity index (χ1v) is 10.4. The summed E-state index contributed by atoms with van der Waals surface area (Å²) < 4.78 is 0. The van der Waals surface area contributed by atoms with Crippen LogP contribution in [0.15, 0.2) is 48.1 Å². The van der Waals surface area contributed by atoms with Gasteiger partial charge in [0.25, 0.3) is 0 Å². The predicted octanol–water partition coefficient (Wildman–Crippen LogP) is 1.60. The molecule has 0 fully saturated rings. The molecule has 0 radical (unpaired) electrons. The van der Waals surface area contributed by atoms with Gasteiger partial charge in [0.15, 0.2) is 0 Å². The van der Waals surface area contributed by atoms with Crippen LogP contribution >= 0.6 is 0 Å². The van der Waals surface area contributed by atoms with E-state index in [1.54, 1.807) is 0 Å². The van der Waals surface area contributed by atoms with Gasteiger partial charge < -0.3 is 24.8 Å². The molecule has 0 aliphatic heterocycles. The summed E-state index contributed by atoms with van der Waals surface area (Å²) in [6.07, 6.45) is 8.41. The molecule has 0 heterocycles. The molecular formula is C28H34Cl2Zr. The van der Waals surface area contributed by atoms with Crippen LogP contribution in [0.2, 0.25) is 0 Å². The van der Waals surface area contributed by atoms with Crippen LogP contribution in [0.3, 0.4) is 0 Å². The standard InChI is InChI=1S/C21H25.C7H9.2ClH.Zr/c1-20(2,3)16-9-7-14-11-15-8-10-17(21(4,5)6)13-19(15)18(14)12-16;1-6-3-4-7(2)5-6;;;/h7,9-10,12-13H,11H2,1-6H3;3,5,7H,1-2H3;2*1H;/q2*-1;;;+4/p-2. The quantitative estimate of drug-likeness (QED) is 0.386. The summed E-state index contributed by atoms with van der Waals surface area (Å²) in [4.78, 5) is 0. The van der Waals surface area contributed by atoms with E-state index in [1.807, 2.05) is 6.08 Å². The van der Waals surface area contributed by atoms with Gasteiger partial charge in [-0.3, -0.25) is 6.08 Å². The van der Waals surface area contributed by atoms with Gasteiger partial charge in [0.1, 0.15) is 0 Å². The average Bonchev–Trinajstić information content (AvgIpc) is 3.14. The van der Waals surface area contributed by atoms with Gasteiger partial charge in [0.05, 0.1) is 0 Å². The third-order valence-corrected chi connectivity index (χ3v) is 5.61. The van der Waals surface area contributed by atoms with Crippen molar-refractivity contribution in [1.29, 1.82) is 0 Å². The minimum absolute atomic E-state index is 0. The molecule has 164 valence electrons. The smallest absolute Gasteiger partial charge is 1.00 e. The summed E-state index contributed by atoms with van der Waals surface area (Å²) in [5.41, 5.74) is 10.1. The summed E-state index contributed by atoms with van der Waals surface area (Å²) in [6.45, 7) is 17.9. The Morgan fingerprint density at radius 3 is 1.90 bits per heavy atom. The van der Waals surface area contributed by atoms with Gasteiger partial charge in [-0.1, -0.05) is 89.1 Å². The van der Waals surface area contributed by atoms with Crippen LogP contribution in [0.4, 0.5) is 0 Å². The van der Waals surface area contributed by atoms with E-state index in [9.17, 15) is 0 Å². The van der Waals surface area contributed by atoms with Crippen molar-refractivity contribution in [3.63, 3.8) is 0 Å². The van der Waals surface area contributed by atoms with E-state index in [4.69, 9.17) is 0 Å². The molecule has 2 aromatic carbocycles. The fraction of sp³-hybridized carbons (Fsp3) is 0.429. The van der Waals surface area contributed by atoms with Crippen LogP contribution < -0.4 is 24.8 Å². The molecule has 1 atom stereocenters. The Morgan fingerprint density at radius 1 is 0.871 bits per heavy atom. The second kappa shape index (κ2) is 11.5. The van der Waals surface area contributed by atoms with Crippen molar-refractivity contribution in [3.05, 3.63) is 82.5 Å². The molecule has 2 aromatic rings. The number of hydrogen-bond donors (Lipinski definition) is 0. The first-order chi connectivity index (χ1) is 12.9. The summed E-state index contributed by atoms with van der Waals surface area (Å²) in [5, 5.41) is 0. The Kier molecular flexibility index (Phi) is 11.3. The van der Waals surface area contributed by atoms with E-state index < -0.39 is 0 Å². The van der Waals surface area contributed by atoms with Crippen LogP contribution in [0.1, 0.15) is 77.6 Å². The van der Waals surface area contributed by atoms with Gasteiger partial charge in [0, 0.05) is 0 Å². The molecule has 0 N–H and O–H groups in total. The van der Waals surface area contributed by atoms with Crippen LogP contribution in [-0.2, 0) is 43.5 Å². The summed E-state index contributed by atoms with van der Waals surface area (Å²) in [6, 6.07) is 15.1. The van der Waals surface area contributed by atoms with E-state index in [1.165, 1.54) is 39.0 Å². The molecule has 0 spiro atoms. The predicted molar refractivity (Wildman–Crippen MR) is 122 cm³/mol. The minimum Gasteiger partial charge on any atom is -1.00 e. The molecule has 3 heteroatoms. The maximum atomic E-state index is 3.53. The average molecular weight is 533 g/mol. The van der Waals surface area contributed by atoms with Crippen molar-refractivity contribution >= 4 is 0 Å². The van der Waals surface area contributed by atoms with Crippen molar-refractivity contribution < 1.29 is 51.0 Å². The molecule has 0 bridgehead atoms. The summed E-state index contributed by atoms with van der Waals surface area (Å²) >= 11 is 0. The summed E-state index contributed by atoms with van der Waals surface area (Å²) in [5.74, 6) is 0.556. The zero-order valence-corrected chi connectivity index (χ0v) is 24.1. The molecule has 2 aliphatic carbocycles. The molecule has 0 amide bonds. The maximum absolute atomic E-state index is 3.53. The third-order valence-electron chi connectivity index (χ3n) is 5.61. The number of benzene rings is 2. The molecule has 31 heavy (non-hydrogen) atoms. The van der Waals surface area contributed by atoms with Crippen LogP contribution in [-0.4, -0.2) is 0 Å². The molecule has 4 rings (SSSR count). The number of halogens is 2. The summed E-state index contributed by atoms with van der Waals surface area (Å²) in [7, 11) is 0. The third kappa shape index (κ3) is 7.45. The molecule has 0 nitrogen and oxygen atoms in total. The van der Waals surface area contributed by atoms with Crippen LogP contribution in [0.25, 0.3) is 11.1 Å². The number of fused-ring (bicyclic) bond motifs is 3. The van der Waals surface area contributed by atoms with Gasteiger partial charge in [0.2, 0.25) is 0 Å². The van der Waals surface area contributed by atoms with Crippen molar-refractivity contribution in [1.82, 2.24) is 0 Å². The van der Waals surface area contributed by atoms with E-state index in [0.717, 1.165) is 6.42 Å². The molecule has 1 unspecified atom stereocenters. The first kappa shape index (κ1) is 30.4. The van der Waals surface area contributed by atoms with Gasteiger partial charge in [-0.2, -0.15) is 35.4 Å². The fourth-order valence-electron chi connectivity index (χ4n) is 3.74. The van der Waals surface area contributed by atoms with Gasteiger partial charge in [-0.05, 0) is 17.4 Å². The second-order valence-electron chi connectivity index (χ2n) is 10.3. The topological polar surface area (TPSA) is 0 Å². The SMILES string of the molecule is CC(C)(C)c1c[c-]c2c(c1)-c1cc(C(C)(C)C)ccc1C2.CC1=CC(C)[C-]=C1.[Cl-].[Cl-].[Zr+4]. The Balaban J connectivity index is 0.000000777. The monoisotopic (exact) mass is 530 g/mol. The van der Waals surface area contributed by atoms with E-state index >= 15 is 0 Å². The van der Waals surface area contributed by atoms with Gasteiger partial charge in [-0.15, -0.1) is 12.5 Å². The Labute approximate surface area is 221 Å². The second-order valence-corrected chi connectivity index (χ2v) is 10.3. The first-order valence-electron chi connectivity index (χ1n) is 10.4. The number of allylic oxidation sites excluding steroid dienone is 4. The molecule has 0 saturated heterocycles. The van der Waals surface area contributed by atoms with Gasteiger partial charge in [-0.25, -0.2) is 11.6 Å². The largest absolute Gasteiger partial charge is 4.00 e. The molecule has 0 saturated carbocycles. The Morgan fingerprint density at radius 2 is 1.45 bits per heavy atom. The van der Waals surface area contributed by atoms with E-state index in [-0.39, 0.29) is 61.8 Å². The zero-order valence-electron chi connectivity index (χ0n) is 20.1. The van der Waals surface area contributed by atoms with Crippen molar-refractivity contribution in [2.45, 2.75) is 72.6 Å². The fourth-order valence-corrected chi connectivity index (χ4v) is 3.74. The van der Waals surface area contributed by atoms with Crippen LogP contribution in [0.5, 0.6) is 0 Å². The minimum atomic E-state index is 0. The normalized spacial score (nSPS) is 15.9.